The van der Waals surface area contributed by atoms with Gasteiger partial charge in [-0.05, 0) is 23.3 Å². The zero-order valence-electron chi connectivity index (χ0n) is 11.6. The number of carbonyl (C=O) groups excluding carboxylic acids is 1. The Morgan fingerprint density at radius 1 is 1.33 bits per heavy atom. The summed E-state index contributed by atoms with van der Waals surface area (Å²) in [6.45, 7) is 2.04. The first-order valence-electron chi connectivity index (χ1n) is 7.30. The second-order valence-electron chi connectivity index (χ2n) is 5.60. The first-order valence-corrected chi connectivity index (χ1v) is 7.30. The molecule has 21 heavy (non-hydrogen) atoms. The van der Waals surface area contributed by atoms with E-state index in [4.69, 9.17) is 4.52 Å². The van der Waals surface area contributed by atoms with E-state index in [2.05, 4.69) is 20.7 Å². The quantitative estimate of drug-likeness (QED) is 0.759. The van der Waals surface area contributed by atoms with Gasteiger partial charge in [0.05, 0.1) is 18.2 Å². The van der Waals surface area contributed by atoms with Gasteiger partial charge in [0.1, 0.15) is 6.26 Å². The first kappa shape index (κ1) is 12.5. The smallest absolute Gasteiger partial charge is 0.233 e. The molecule has 110 valence electrons. The van der Waals surface area contributed by atoms with Gasteiger partial charge in [-0.25, -0.2) is 4.68 Å². The van der Waals surface area contributed by atoms with E-state index in [1.54, 1.807) is 10.9 Å². The molecule has 0 bridgehead atoms. The molecule has 1 atom stereocenters. The van der Waals surface area contributed by atoms with Crippen LogP contribution in [0.5, 0.6) is 0 Å². The van der Waals surface area contributed by atoms with Gasteiger partial charge in [-0.2, -0.15) is 0 Å². The number of carbonyl (C=O) groups is 1. The fourth-order valence-corrected chi connectivity index (χ4v) is 3.14. The van der Waals surface area contributed by atoms with E-state index in [-0.39, 0.29) is 11.8 Å². The number of tetrazole rings is 1. The highest BCUT2D eigenvalue weighted by molar-refractivity contribution is 5.83. The lowest BCUT2D eigenvalue weighted by Gasteiger charge is -2.28. The molecular formula is C13H16N6O2. The Balaban J connectivity index is 1.58. The van der Waals surface area contributed by atoms with Crippen molar-refractivity contribution in [2.75, 3.05) is 6.54 Å². The number of amides is 1. The SMILES string of the molecule is O=C([C@H]1CCCCn2nnnc21)N1CCc2nocc2C1. The normalized spacial score (nSPS) is 21.5. The van der Waals surface area contributed by atoms with Crippen LogP contribution in [-0.4, -0.2) is 42.7 Å². The number of hydrogen-bond acceptors (Lipinski definition) is 6. The van der Waals surface area contributed by atoms with Crippen LogP contribution in [0.1, 0.15) is 42.3 Å². The lowest BCUT2D eigenvalue weighted by molar-refractivity contribution is -0.134. The van der Waals surface area contributed by atoms with Gasteiger partial charge in [-0.15, -0.1) is 5.10 Å². The minimum absolute atomic E-state index is 0.111. The molecule has 2 aliphatic heterocycles. The molecule has 0 aliphatic carbocycles. The summed E-state index contributed by atoms with van der Waals surface area (Å²) in [5, 5.41) is 15.7. The molecule has 8 heteroatoms. The molecule has 0 radical (unpaired) electrons. The van der Waals surface area contributed by atoms with Crippen molar-refractivity contribution in [2.45, 2.75) is 44.7 Å². The largest absolute Gasteiger partial charge is 0.364 e. The highest BCUT2D eigenvalue weighted by atomic mass is 16.5. The summed E-state index contributed by atoms with van der Waals surface area (Å²) < 4.78 is 6.75. The number of fused-ring (bicyclic) bond motifs is 2. The van der Waals surface area contributed by atoms with E-state index >= 15 is 0 Å². The highest BCUT2D eigenvalue weighted by Gasteiger charge is 2.33. The van der Waals surface area contributed by atoms with Gasteiger partial charge in [-0.1, -0.05) is 11.6 Å². The summed E-state index contributed by atoms with van der Waals surface area (Å²) >= 11 is 0. The molecule has 2 aromatic rings. The van der Waals surface area contributed by atoms with Crippen LogP contribution in [0.15, 0.2) is 10.8 Å². The second-order valence-corrected chi connectivity index (χ2v) is 5.60. The number of rotatable bonds is 1. The molecule has 0 saturated heterocycles. The predicted octanol–water partition coefficient (Wildman–Crippen LogP) is 0.513. The topological polar surface area (TPSA) is 89.9 Å². The molecule has 1 amide bonds. The minimum Gasteiger partial charge on any atom is -0.364 e. The molecule has 2 aliphatic rings. The Kier molecular flexibility index (Phi) is 2.94. The van der Waals surface area contributed by atoms with E-state index in [9.17, 15) is 4.79 Å². The van der Waals surface area contributed by atoms with Crippen molar-refractivity contribution in [3.8, 4) is 0 Å². The summed E-state index contributed by atoms with van der Waals surface area (Å²) in [7, 11) is 0. The van der Waals surface area contributed by atoms with Gasteiger partial charge in [-0.3, -0.25) is 4.79 Å². The highest BCUT2D eigenvalue weighted by Crippen LogP contribution is 2.28. The third-order valence-electron chi connectivity index (χ3n) is 4.30. The van der Waals surface area contributed by atoms with Crippen LogP contribution >= 0.6 is 0 Å². The van der Waals surface area contributed by atoms with Crippen molar-refractivity contribution in [3.05, 3.63) is 23.3 Å². The van der Waals surface area contributed by atoms with Crippen LogP contribution in [0.4, 0.5) is 0 Å². The zero-order chi connectivity index (χ0) is 14.2. The lowest BCUT2D eigenvalue weighted by Crippen LogP contribution is -2.39. The average Bonchev–Trinajstić information content (AvgIpc) is 3.11. The van der Waals surface area contributed by atoms with E-state index < -0.39 is 0 Å². The third kappa shape index (κ3) is 2.10. The monoisotopic (exact) mass is 288 g/mol. The molecule has 2 aromatic heterocycles. The van der Waals surface area contributed by atoms with Crippen LogP contribution in [0.3, 0.4) is 0 Å². The van der Waals surface area contributed by atoms with Crippen LogP contribution in [0, 0.1) is 0 Å². The number of hydrogen-bond donors (Lipinski definition) is 0. The van der Waals surface area contributed by atoms with Crippen LogP contribution in [0.2, 0.25) is 0 Å². The Morgan fingerprint density at radius 3 is 3.24 bits per heavy atom. The van der Waals surface area contributed by atoms with Gasteiger partial charge in [0.25, 0.3) is 0 Å². The van der Waals surface area contributed by atoms with Gasteiger partial charge in [0.2, 0.25) is 5.91 Å². The van der Waals surface area contributed by atoms with Crippen LogP contribution in [0.25, 0.3) is 0 Å². The van der Waals surface area contributed by atoms with Gasteiger partial charge >= 0.3 is 0 Å². The van der Waals surface area contributed by atoms with E-state index in [0.717, 1.165) is 43.5 Å². The maximum absolute atomic E-state index is 12.9. The Morgan fingerprint density at radius 2 is 2.29 bits per heavy atom. The fraction of sp³-hybridized carbons (Fsp3) is 0.615. The molecule has 0 fully saturated rings. The molecule has 8 nitrogen and oxygen atoms in total. The standard InChI is InChI=1S/C13H16N6O2/c20-13(18-6-4-11-9(7-18)8-21-15-11)10-3-1-2-5-19-12(10)14-16-17-19/h8,10H,1-7H2/t10-/m0/s1. The van der Waals surface area contributed by atoms with Crippen molar-refractivity contribution in [1.82, 2.24) is 30.3 Å². The first-order chi connectivity index (χ1) is 10.3. The predicted molar refractivity (Wildman–Crippen MR) is 70.0 cm³/mol. The summed E-state index contributed by atoms with van der Waals surface area (Å²) in [5.41, 5.74) is 1.97. The van der Waals surface area contributed by atoms with Crippen LogP contribution in [-0.2, 0) is 24.3 Å². The van der Waals surface area contributed by atoms with Crippen molar-refractivity contribution in [2.24, 2.45) is 0 Å². The van der Waals surface area contributed by atoms with Gasteiger partial charge in [0.15, 0.2) is 5.82 Å². The molecule has 4 rings (SSSR count). The number of aromatic nitrogens is 5. The Hall–Kier alpha value is -2.25. The van der Waals surface area contributed by atoms with E-state index in [0.29, 0.717) is 18.9 Å². The third-order valence-corrected chi connectivity index (χ3v) is 4.30. The zero-order valence-corrected chi connectivity index (χ0v) is 11.6. The molecule has 0 saturated carbocycles. The molecular weight excluding hydrogens is 272 g/mol. The maximum atomic E-state index is 12.9. The molecule has 0 aromatic carbocycles. The Labute approximate surface area is 121 Å². The fourth-order valence-electron chi connectivity index (χ4n) is 3.14. The minimum atomic E-state index is -0.232. The second kappa shape index (κ2) is 4.94. The summed E-state index contributed by atoms with van der Waals surface area (Å²) in [5.74, 6) is 0.581. The van der Waals surface area contributed by atoms with Gasteiger partial charge < -0.3 is 9.42 Å². The summed E-state index contributed by atoms with van der Waals surface area (Å²) in [4.78, 5) is 14.7. The molecule has 0 unspecified atom stereocenters. The molecule has 0 N–H and O–H groups in total. The molecule has 0 spiro atoms. The lowest BCUT2D eigenvalue weighted by atomic mass is 9.99. The Bertz CT molecular complexity index is 663. The van der Waals surface area contributed by atoms with Gasteiger partial charge in [0, 0.05) is 25.1 Å². The summed E-state index contributed by atoms with van der Waals surface area (Å²) in [6.07, 6.45) is 5.21. The summed E-state index contributed by atoms with van der Waals surface area (Å²) in [6, 6.07) is 0. The van der Waals surface area contributed by atoms with E-state index in [1.165, 1.54) is 0 Å². The van der Waals surface area contributed by atoms with Crippen molar-refractivity contribution >= 4 is 5.91 Å². The number of nitrogens with zero attached hydrogens (tertiary/aromatic N) is 6. The van der Waals surface area contributed by atoms with Crippen LogP contribution < -0.4 is 0 Å². The van der Waals surface area contributed by atoms with Crippen molar-refractivity contribution < 1.29 is 9.32 Å². The average molecular weight is 288 g/mol. The van der Waals surface area contributed by atoms with Crippen molar-refractivity contribution in [3.63, 3.8) is 0 Å². The maximum Gasteiger partial charge on any atom is 0.233 e. The van der Waals surface area contributed by atoms with E-state index in [1.807, 2.05) is 4.90 Å². The number of aryl methyl sites for hydroxylation is 1. The van der Waals surface area contributed by atoms with Crippen molar-refractivity contribution in [1.29, 1.82) is 0 Å². The molecule has 4 heterocycles.